The molecule has 0 unspecified atom stereocenters. The number of benzene rings is 3. The maximum absolute atomic E-state index is 14.1. The molecule has 6 rings (SSSR count). The molecule has 13 nitrogen and oxygen atoms in total. The molecule has 2 atom stereocenters. The predicted molar refractivity (Wildman–Crippen MR) is 173 cm³/mol. The number of carbonyl (C=O) groups excluding carboxylic acids is 4. The van der Waals surface area contributed by atoms with E-state index in [1.165, 1.54) is 23.4 Å². The molecular formula is C32H34N8O5S. The van der Waals surface area contributed by atoms with Gasteiger partial charge in [0.1, 0.15) is 18.8 Å². The molecule has 0 bridgehead atoms. The van der Waals surface area contributed by atoms with Gasteiger partial charge in [-0.2, -0.15) is 5.01 Å². The van der Waals surface area contributed by atoms with Crippen LogP contribution in [0.1, 0.15) is 16.7 Å². The number of hydrazine groups is 1. The molecule has 0 aliphatic carbocycles. The number of hydrogen-bond donors (Lipinski definition) is 3. The Balaban J connectivity index is 1.21. The quantitative estimate of drug-likeness (QED) is 0.265. The zero-order chi connectivity index (χ0) is 32.4. The largest absolute Gasteiger partial charge is 0.444 e. The molecule has 4 N–H and O–H groups in total. The van der Waals surface area contributed by atoms with Crippen LogP contribution in [-0.4, -0.2) is 88.1 Å². The fourth-order valence-electron chi connectivity index (χ4n) is 5.91. The normalized spacial score (nSPS) is 18.0. The number of nitrogens with two attached hydrogens (primary N) is 1. The lowest BCUT2D eigenvalue weighted by Crippen LogP contribution is -2.65. The van der Waals surface area contributed by atoms with Gasteiger partial charge in [0, 0.05) is 32.7 Å². The average Bonchev–Trinajstić information content (AvgIpc) is 3.61. The molecule has 2 saturated heterocycles. The van der Waals surface area contributed by atoms with Crippen LogP contribution in [0.15, 0.2) is 72.8 Å². The monoisotopic (exact) mass is 642 g/mol. The van der Waals surface area contributed by atoms with Gasteiger partial charge < -0.3 is 25.6 Å². The van der Waals surface area contributed by atoms with Crippen molar-refractivity contribution in [2.75, 3.05) is 38.2 Å². The topological polar surface area (TPSA) is 153 Å². The summed E-state index contributed by atoms with van der Waals surface area (Å²) in [5.74, 6) is -0.450. The van der Waals surface area contributed by atoms with Crippen LogP contribution in [0.4, 0.5) is 20.4 Å². The van der Waals surface area contributed by atoms with Gasteiger partial charge in [-0.25, -0.2) is 14.6 Å². The van der Waals surface area contributed by atoms with E-state index < -0.39 is 18.3 Å². The average molecular weight is 643 g/mol. The summed E-state index contributed by atoms with van der Waals surface area (Å²) in [6.45, 7) is 0.567. The van der Waals surface area contributed by atoms with E-state index in [2.05, 4.69) is 15.6 Å². The van der Waals surface area contributed by atoms with Gasteiger partial charge in [0.15, 0.2) is 5.13 Å². The smallest absolute Gasteiger partial charge is 0.411 e. The van der Waals surface area contributed by atoms with Crippen LogP contribution in [0.5, 0.6) is 0 Å². The number of anilines is 2. The Kier molecular flexibility index (Phi) is 8.72. The summed E-state index contributed by atoms with van der Waals surface area (Å²) in [5, 5.41) is 8.82. The van der Waals surface area contributed by atoms with Crippen LogP contribution in [0, 0.1) is 0 Å². The van der Waals surface area contributed by atoms with Crippen molar-refractivity contribution in [3.8, 4) is 0 Å². The molecule has 0 radical (unpaired) electrons. The first-order valence-corrected chi connectivity index (χ1v) is 15.6. The van der Waals surface area contributed by atoms with Crippen molar-refractivity contribution in [2.24, 2.45) is 0 Å². The molecule has 3 aromatic carbocycles. The summed E-state index contributed by atoms with van der Waals surface area (Å²) in [7, 11) is 3.12. The van der Waals surface area contributed by atoms with Crippen molar-refractivity contribution >= 4 is 56.3 Å². The van der Waals surface area contributed by atoms with Gasteiger partial charge in [0.2, 0.25) is 11.8 Å². The number of nitrogen functional groups attached to an aromatic ring is 1. The number of carbonyl (C=O) groups is 4. The lowest BCUT2D eigenvalue weighted by molar-refractivity contribution is -0.157. The first kappa shape index (κ1) is 30.8. The Morgan fingerprint density at radius 3 is 2.54 bits per heavy atom. The molecule has 2 aliphatic rings. The number of urea groups is 1. The number of fused-ring (bicyclic) bond motifs is 2. The van der Waals surface area contributed by atoms with Crippen LogP contribution >= 0.6 is 11.3 Å². The Hall–Kier alpha value is -5.21. The van der Waals surface area contributed by atoms with Crippen molar-refractivity contribution in [1.29, 1.82) is 0 Å². The first-order chi connectivity index (χ1) is 22.2. The second kappa shape index (κ2) is 13.0. The highest BCUT2D eigenvalue weighted by molar-refractivity contribution is 7.22. The van der Waals surface area contributed by atoms with Crippen LogP contribution < -0.4 is 16.4 Å². The molecule has 1 aromatic heterocycles. The minimum absolute atomic E-state index is 0.0433. The third kappa shape index (κ3) is 6.30. The van der Waals surface area contributed by atoms with Crippen molar-refractivity contribution in [2.45, 2.75) is 31.8 Å². The lowest BCUT2D eigenvalue weighted by atomic mass is 9.99. The van der Waals surface area contributed by atoms with Crippen LogP contribution in [0.3, 0.4) is 0 Å². The number of piperazine rings is 1. The molecule has 4 aromatic rings. The van der Waals surface area contributed by atoms with Crippen LogP contribution in [-0.2, 0) is 33.9 Å². The third-order valence-corrected chi connectivity index (χ3v) is 9.03. The highest BCUT2D eigenvalue weighted by Crippen LogP contribution is 2.32. The zero-order valence-electron chi connectivity index (χ0n) is 25.4. The molecule has 46 heavy (non-hydrogen) atoms. The zero-order valence-corrected chi connectivity index (χ0v) is 26.2. The number of para-hydroxylation sites is 1. The first-order valence-electron chi connectivity index (χ1n) is 14.7. The van der Waals surface area contributed by atoms with E-state index in [-0.39, 0.29) is 50.5 Å². The van der Waals surface area contributed by atoms with Gasteiger partial charge in [-0.05, 0) is 34.9 Å². The molecule has 0 saturated carbocycles. The summed E-state index contributed by atoms with van der Waals surface area (Å²) in [6, 6.07) is 21.0. The second-order valence-electron chi connectivity index (χ2n) is 11.1. The lowest BCUT2D eigenvalue weighted by Gasteiger charge is -2.45. The Morgan fingerprint density at radius 1 is 1.04 bits per heavy atom. The van der Waals surface area contributed by atoms with E-state index in [0.29, 0.717) is 10.8 Å². The molecular weight excluding hydrogens is 608 g/mol. The maximum Gasteiger partial charge on any atom is 0.411 e. The molecule has 2 aliphatic heterocycles. The van der Waals surface area contributed by atoms with Crippen molar-refractivity contribution in [1.82, 2.24) is 30.1 Å². The Bertz CT molecular complexity index is 1770. The number of rotatable bonds is 8. The molecule has 14 heteroatoms. The van der Waals surface area contributed by atoms with Gasteiger partial charge >= 0.3 is 12.1 Å². The van der Waals surface area contributed by atoms with Gasteiger partial charge in [-0.3, -0.25) is 19.9 Å². The second-order valence-corrected chi connectivity index (χ2v) is 12.2. The fourth-order valence-corrected chi connectivity index (χ4v) is 6.69. The van der Waals surface area contributed by atoms with E-state index in [9.17, 15) is 19.2 Å². The summed E-state index contributed by atoms with van der Waals surface area (Å²) in [4.78, 5) is 60.3. The molecule has 0 spiro atoms. The number of ether oxygens (including phenoxy) is 1. The summed E-state index contributed by atoms with van der Waals surface area (Å²) >= 11 is 1.38. The minimum atomic E-state index is -0.816. The fraction of sp³-hybridized carbons (Fsp3) is 0.281. The molecule has 238 valence electrons. The van der Waals surface area contributed by atoms with Crippen LogP contribution in [0.25, 0.3) is 10.2 Å². The van der Waals surface area contributed by atoms with Crippen molar-refractivity contribution in [3.05, 3.63) is 89.5 Å². The standard InChI is InChI=1S/C32H34N8O5S/c1-34-31(43)37(2)39-18-27(41)40-24(15-20-11-13-23(14-12-20)35-32(44)45-19-21-7-4-3-5-8-21)29(42)38(17-26(39)40)16-22-9-6-10-25-28(22)36-30(33)46-25/h3-14,24,26H,15-19H2,1-2H3,(H2,33,36)(H,34,43)(H,35,44)/t24-,26+/m0/s1. The Labute approximate surface area is 269 Å². The van der Waals surface area contributed by atoms with Gasteiger partial charge in [0.05, 0.1) is 23.3 Å². The molecule has 2 fully saturated rings. The number of amides is 5. The predicted octanol–water partition coefficient (Wildman–Crippen LogP) is 3.24. The minimum Gasteiger partial charge on any atom is -0.444 e. The van der Waals surface area contributed by atoms with Gasteiger partial charge in [-0.1, -0.05) is 65.9 Å². The van der Waals surface area contributed by atoms with E-state index in [1.54, 1.807) is 34.0 Å². The number of nitrogens with zero attached hydrogens (tertiary/aromatic N) is 5. The Morgan fingerprint density at radius 2 is 1.80 bits per heavy atom. The van der Waals surface area contributed by atoms with Crippen molar-refractivity contribution < 1.29 is 23.9 Å². The summed E-state index contributed by atoms with van der Waals surface area (Å²) in [6.07, 6.45) is -0.906. The number of thiazole rings is 1. The summed E-state index contributed by atoms with van der Waals surface area (Å²) < 4.78 is 6.23. The van der Waals surface area contributed by atoms with Gasteiger partial charge in [-0.15, -0.1) is 0 Å². The molecule has 3 heterocycles. The highest BCUT2D eigenvalue weighted by atomic mass is 32.1. The molecule has 5 amide bonds. The number of hydrogen-bond acceptors (Lipinski definition) is 9. The highest BCUT2D eigenvalue weighted by Gasteiger charge is 2.51. The number of aromatic nitrogens is 1. The van der Waals surface area contributed by atoms with E-state index in [1.807, 2.05) is 60.7 Å². The number of nitrogens with one attached hydrogen (secondary N) is 2. The third-order valence-electron chi connectivity index (χ3n) is 8.18. The van der Waals surface area contributed by atoms with E-state index >= 15 is 0 Å². The van der Waals surface area contributed by atoms with Crippen LogP contribution in [0.2, 0.25) is 0 Å². The van der Waals surface area contributed by atoms with Gasteiger partial charge in [0.25, 0.3) is 0 Å². The van der Waals surface area contributed by atoms with E-state index in [0.717, 1.165) is 26.9 Å². The summed E-state index contributed by atoms with van der Waals surface area (Å²) in [5.41, 5.74) is 9.77. The van der Waals surface area contributed by atoms with E-state index in [4.69, 9.17) is 10.5 Å². The SMILES string of the molecule is CNC(=O)N(C)N1CC(=O)N2[C@@H](Cc3ccc(NC(=O)OCc4ccccc4)cc3)C(=O)N(Cc3cccc4sc(N)nc34)C[C@@H]21. The van der Waals surface area contributed by atoms with Crippen molar-refractivity contribution in [3.63, 3.8) is 0 Å². The maximum atomic E-state index is 14.1.